The largest absolute Gasteiger partial charge is 0.354 e. The summed E-state index contributed by atoms with van der Waals surface area (Å²) >= 11 is 3.60. The monoisotopic (exact) mass is 376 g/mol. The van der Waals surface area contributed by atoms with Crippen LogP contribution < -0.4 is 5.32 Å². The van der Waals surface area contributed by atoms with E-state index in [1.807, 2.05) is 35.8 Å². The number of fused-ring (bicyclic) bond motifs is 1. The van der Waals surface area contributed by atoms with Gasteiger partial charge in [-0.15, -0.1) is 0 Å². The zero-order valence-corrected chi connectivity index (χ0v) is 14.6. The number of nitrogens with one attached hydrogen (secondary N) is 1. The molecule has 0 fully saturated rings. The van der Waals surface area contributed by atoms with E-state index in [-0.39, 0.29) is 12.5 Å². The molecule has 0 aliphatic carbocycles. The summed E-state index contributed by atoms with van der Waals surface area (Å²) in [4.78, 5) is 16.3. The van der Waals surface area contributed by atoms with E-state index in [2.05, 4.69) is 31.4 Å². The molecular formula is C16H17BrN4O2. The maximum Gasteiger partial charge on any atom is 0.239 e. The van der Waals surface area contributed by atoms with Crippen LogP contribution in [0.4, 0.5) is 0 Å². The first kappa shape index (κ1) is 15.7. The van der Waals surface area contributed by atoms with Crippen molar-refractivity contribution >= 4 is 32.7 Å². The van der Waals surface area contributed by atoms with Crippen molar-refractivity contribution in [2.45, 2.75) is 26.8 Å². The van der Waals surface area contributed by atoms with Gasteiger partial charge in [-0.1, -0.05) is 23.4 Å². The summed E-state index contributed by atoms with van der Waals surface area (Å²) in [7, 11) is 0. The zero-order chi connectivity index (χ0) is 16.4. The number of rotatable bonds is 5. The van der Waals surface area contributed by atoms with Gasteiger partial charge in [0.15, 0.2) is 5.82 Å². The van der Waals surface area contributed by atoms with Crippen LogP contribution in [0.5, 0.6) is 0 Å². The van der Waals surface area contributed by atoms with E-state index in [4.69, 9.17) is 4.52 Å². The highest BCUT2D eigenvalue weighted by atomic mass is 79.9. The number of hydrogen-bond donors (Lipinski definition) is 1. The number of carbonyl (C=O) groups excluding carboxylic acids is 1. The van der Waals surface area contributed by atoms with Gasteiger partial charge in [-0.3, -0.25) is 4.79 Å². The average molecular weight is 377 g/mol. The van der Waals surface area contributed by atoms with Gasteiger partial charge in [0.25, 0.3) is 0 Å². The van der Waals surface area contributed by atoms with Gasteiger partial charge in [-0.05, 0) is 35.8 Å². The van der Waals surface area contributed by atoms with Crippen molar-refractivity contribution in [2.75, 3.05) is 6.54 Å². The molecule has 0 aliphatic rings. The van der Waals surface area contributed by atoms with Crippen LogP contribution in [0.3, 0.4) is 0 Å². The molecule has 0 bridgehead atoms. The van der Waals surface area contributed by atoms with Crippen LogP contribution in [-0.2, 0) is 17.8 Å². The second-order valence-electron chi connectivity index (χ2n) is 5.34. The molecule has 0 atom stereocenters. The van der Waals surface area contributed by atoms with Gasteiger partial charge < -0.3 is 14.4 Å². The van der Waals surface area contributed by atoms with Crippen LogP contribution in [0.15, 0.2) is 33.3 Å². The second kappa shape index (κ2) is 6.54. The molecule has 3 rings (SSSR count). The van der Waals surface area contributed by atoms with Crippen LogP contribution in [-0.4, -0.2) is 27.2 Å². The Morgan fingerprint density at radius 2 is 2.13 bits per heavy atom. The normalized spacial score (nSPS) is 11.1. The van der Waals surface area contributed by atoms with Gasteiger partial charge >= 0.3 is 0 Å². The van der Waals surface area contributed by atoms with Crippen molar-refractivity contribution in [3.8, 4) is 0 Å². The first-order valence-corrected chi connectivity index (χ1v) is 8.15. The Labute approximate surface area is 142 Å². The molecule has 0 radical (unpaired) electrons. The molecule has 1 N–H and O–H groups in total. The number of para-hydroxylation sites is 1. The van der Waals surface area contributed by atoms with Crippen molar-refractivity contribution in [3.05, 3.63) is 46.1 Å². The van der Waals surface area contributed by atoms with E-state index in [1.165, 1.54) is 0 Å². The highest BCUT2D eigenvalue weighted by molar-refractivity contribution is 9.10. The molecule has 23 heavy (non-hydrogen) atoms. The van der Waals surface area contributed by atoms with Gasteiger partial charge in [-0.2, -0.15) is 4.98 Å². The Morgan fingerprint density at radius 3 is 2.87 bits per heavy atom. The van der Waals surface area contributed by atoms with Crippen molar-refractivity contribution in [2.24, 2.45) is 0 Å². The maximum absolute atomic E-state index is 12.2. The molecule has 2 heterocycles. The van der Waals surface area contributed by atoms with Crippen molar-refractivity contribution in [3.63, 3.8) is 0 Å². The van der Waals surface area contributed by atoms with Crippen LogP contribution >= 0.6 is 15.9 Å². The lowest BCUT2D eigenvalue weighted by molar-refractivity contribution is -0.121. The average Bonchev–Trinajstić information content (AvgIpc) is 3.05. The number of nitrogens with zero attached hydrogens (tertiary/aromatic N) is 3. The summed E-state index contributed by atoms with van der Waals surface area (Å²) in [5.74, 6) is 1.09. The molecule has 1 aromatic carbocycles. The molecule has 1 amide bonds. The number of carbonyl (C=O) groups is 1. The second-order valence-corrected chi connectivity index (χ2v) is 6.13. The summed E-state index contributed by atoms with van der Waals surface area (Å²) in [6, 6.07) is 8.02. The van der Waals surface area contributed by atoms with Crippen LogP contribution in [0, 0.1) is 13.8 Å². The Morgan fingerprint density at radius 1 is 1.35 bits per heavy atom. The SMILES string of the molecule is Cc1noc(CCNC(=O)Cn2c(C)c(Br)c3ccccc32)n1. The van der Waals surface area contributed by atoms with Crippen LogP contribution in [0.25, 0.3) is 10.9 Å². The van der Waals surface area contributed by atoms with Gasteiger partial charge in [0.2, 0.25) is 11.8 Å². The number of benzene rings is 1. The predicted octanol–water partition coefficient (Wildman–Crippen LogP) is 2.76. The molecule has 120 valence electrons. The Bertz CT molecular complexity index is 853. The minimum absolute atomic E-state index is 0.0439. The molecule has 0 saturated heterocycles. The van der Waals surface area contributed by atoms with Crippen LogP contribution in [0.2, 0.25) is 0 Å². The quantitative estimate of drug-likeness (QED) is 0.742. The summed E-state index contributed by atoms with van der Waals surface area (Å²) in [5, 5.41) is 7.72. The molecule has 2 aromatic heterocycles. The highest BCUT2D eigenvalue weighted by Gasteiger charge is 2.14. The lowest BCUT2D eigenvalue weighted by Crippen LogP contribution is -2.29. The van der Waals surface area contributed by atoms with Crippen molar-refractivity contribution in [1.82, 2.24) is 20.0 Å². The van der Waals surface area contributed by atoms with E-state index in [0.717, 1.165) is 21.1 Å². The molecule has 7 heteroatoms. The van der Waals surface area contributed by atoms with Crippen molar-refractivity contribution in [1.29, 1.82) is 0 Å². The van der Waals surface area contributed by atoms with E-state index >= 15 is 0 Å². The molecule has 0 spiro atoms. The molecule has 0 aliphatic heterocycles. The third-order valence-electron chi connectivity index (χ3n) is 3.69. The standard InChI is InChI=1S/C16H17BrN4O2/c1-10-16(17)12-5-3-4-6-13(12)21(10)9-14(22)18-8-7-15-19-11(2)20-23-15/h3-6H,7-9H2,1-2H3,(H,18,22). The predicted molar refractivity (Wildman–Crippen MR) is 90.1 cm³/mol. The fourth-order valence-electron chi connectivity index (χ4n) is 2.54. The van der Waals surface area contributed by atoms with E-state index < -0.39 is 0 Å². The minimum atomic E-state index is -0.0439. The molecule has 6 nitrogen and oxygen atoms in total. The summed E-state index contributed by atoms with van der Waals surface area (Å²) < 4.78 is 8.06. The fraction of sp³-hybridized carbons (Fsp3) is 0.312. The van der Waals surface area contributed by atoms with Gasteiger partial charge in [-0.25, -0.2) is 0 Å². The summed E-state index contributed by atoms with van der Waals surface area (Å²) in [6.07, 6.45) is 0.529. The number of hydrogen-bond acceptors (Lipinski definition) is 4. The van der Waals surface area contributed by atoms with Crippen molar-refractivity contribution < 1.29 is 9.32 Å². The number of aryl methyl sites for hydroxylation is 1. The first-order chi connectivity index (χ1) is 11.1. The number of aromatic nitrogens is 3. The Balaban J connectivity index is 1.65. The summed E-state index contributed by atoms with van der Waals surface area (Å²) in [6.45, 7) is 4.52. The lowest BCUT2D eigenvalue weighted by atomic mass is 10.2. The highest BCUT2D eigenvalue weighted by Crippen LogP contribution is 2.30. The number of halogens is 1. The minimum Gasteiger partial charge on any atom is -0.354 e. The van der Waals surface area contributed by atoms with Gasteiger partial charge in [0.05, 0.1) is 0 Å². The van der Waals surface area contributed by atoms with Gasteiger partial charge in [0.1, 0.15) is 6.54 Å². The molecule has 0 unspecified atom stereocenters. The smallest absolute Gasteiger partial charge is 0.239 e. The summed E-state index contributed by atoms with van der Waals surface area (Å²) in [5.41, 5.74) is 2.08. The molecular weight excluding hydrogens is 360 g/mol. The first-order valence-electron chi connectivity index (χ1n) is 7.35. The van der Waals surface area contributed by atoms with E-state index in [1.54, 1.807) is 6.92 Å². The zero-order valence-electron chi connectivity index (χ0n) is 13.0. The fourth-order valence-corrected chi connectivity index (χ4v) is 3.09. The molecule has 3 aromatic rings. The van der Waals surface area contributed by atoms with Crippen LogP contribution in [0.1, 0.15) is 17.4 Å². The van der Waals surface area contributed by atoms with E-state index in [9.17, 15) is 4.79 Å². The van der Waals surface area contributed by atoms with E-state index in [0.29, 0.717) is 24.7 Å². The third-order valence-corrected chi connectivity index (χ3v) is 4.69. The Hall–Kier alpha value is -2.15. The lowest BCUT2D eigenvalue weighted by Gasteiger charge is -2.08. The Kier molecular flexibility index (Phi) is 4.47. The third kappa shape index (κ3) is 3.29. The topological polar surface area (TPSA) is 73.0 Å². The molecule has 0 saturated carbocycles. The van der Waals surface area contributed by atoms with Gasteiger partial charge in [0, 0.05) is 34.0 Å². The maximum atomic E-state index is 12.2. The number of amides is 1.